The highest BCUT2D eigenvalue weighted by Gasteiger charge is 2.21. The van der Waals surface area contributed by atoms with E-state index in [1.807, 2.05) is 48.7 Å². The molecule has 3 aromatic heterocycles. The Bertz CT molecular complexity index is 1540. The molecule has 0 saturated carbocycles. The number of benzene rings is 2. The van der Waals surface area contributed by atoms with Gasteiger partial charge in [-0.1, -0.05) is 24.3 Å². The predicted octanol–water partition coefficient (Wildman–Crippen LogP) is 3.64. The van der Waals surface area contributed by atoms with Crippen LogP contribution in [0.25, 0.3) is 42.9 Å². The van der Waals surface area contributed by atoms with Gasteiger partial charge in [0.15, 0.2) is 11.6 Å². The topological polar surface area (TPSA) is 122 Å². The lowest BCUT2D eigenvalue weighted by Crippen LogP contribution is -2.36. The number of hydrogen-bond acceptors (Lipinski definition) is 8. The zero-order valence-corrected chi connectivity index (χ0v) is 19.6. The van der Waals surface area contributed by atoms with Crippen LogP contribution in [0.15, 0.2) is 54.7 Å². The summed E-state index contributed by atoms with van der Waals surface area (Å²) in [7, 11) is 0. The number of carbonyl (C=O) groups excluding carboxylic acids is 1. The highest BCUT2D eigenvalue weighted by molar-refractivity contribution is 7.22. The molecule has 0 aliphatic carbocycles. The van der Waals surface area contributed by atoms with E-state index in [1.54, 1.807) is 11.3 Å². The average molecular weight is 486 g/mol. The Kier molecular flexibility index (Phi) is 5.61. The first-order valence-electron chi connectivity index (χ1n) is 11.4. The van der Waals surface area contributed by atoms with Crippen LogP contribution in [-0.4, -0.2) is 58.9 Å². The van der Waals surface area contributed by atoms with E-state index in [1.165, 1.54) is 0 Å². The second-order valence-corrected chi connectivity index (χ2v) is 9.32. The first-order valence-corrected chi connectivity index (χ1v) is 12.2. The summed E-state index contributed by atoms with van der Waals surface area (Å²) in [6, 6.07) is 15.8. The van der Waals surface area contributed by atoms with Crippen LogP contribution in [0.4, 0.5) is 11.5 Å². The number of nitrogens with zero attached hydrogens (tertiary/aromatic N) is 4. The minimum absolute atomic E-state index is 0.0577. The van der Waals surface area contributed by atoms with E-state index in [9.17, 15) is 4.79 Å². The van der Waals surface area contributed by atoms with E-state index >= 15 is 0 Å². The van der Waals surface area contributed by atoms with E-state index in [4.69, 9.17) is 20.4 Å². The SMILES string of the molecule is NCC(=O)Nc1cccc(-c2cc3nc(-c4cccc5[nH]ncc45)nc(N4CCOCC4)c3s2)c1. The molecular weight excluding hydrogens is 462 g/mol. The lowest BCUT2D eigenvalue weighted by molar-refractivity contribution is -0.114. The molecule has 9 nitrogen and oxygen atoms in total. The number of fused-ring (bicyclic) bond motifs is 2. The number of nitrogens with one attached hydrogen (secondary N) is 2. The molecule has 6 rings (SSSR count). The smallest absolute Gasteiger partial charge is 0.238 e. The second kappa shape index (κ2) is 9.06. The van der Waals surface area contributed by atoms with E-state index in [2.05, 4.69) is 26.5 Å². The van der Waals surface area contributed by atoms with Gasteiger partial charge in [-0.25, -0.2) is 9.97 Å². The molecule has 1 aliphatic rings. The van der Waals surface area contributed by atoms with Crippen molar-refractivity contribution in [1.82, 2.24) is 20.2 Å². The molecule has 0 unspecified atom stereocenters. The molecule has 0 spiro atoms. The molecule has 1 aliphatic heterocycles. The average Bonchev–Trinajstić information content (AvgIpc) is 3.56. The Hall–Kier alpha value is -3.86. The van der Waals surface area contributed by atoms with Crippen molar-refractivity contribution in [1.29, 1.82) is 0 Å². The van der Waals surface area contributed by atoms with Crippen LogP contribution < -0.4 is 16.0 Å². The number of thiophene rings is 1. The van der Waals surface area contributed by atoms with Crippen molar-refractivity contribution in [3.8, 4) is 21.8 Å². The summed E-state index contributed by atoms with van der Waals surface area (Å²) in [5.74, 6) is 1.36. The van der Waals surface area contributed by atoms with Gasteiger partial charge in [-0.05, 0) is 29.8 Å². The standard InChI is InChI=1S/C25H23N7O2S/c26-13-22(33)28-16-4-1-3-15(11-16)21-12-20-23(35-21)25(32-7-9-34-10-8-32)30-24(29-20)17-5-2-6-19-18(17)14-27-31-19/h1-6,11-12,14H,7-10,13,26H2,(H,27,31)(H,28,33). The number of aromatic nitrogens is 4. The van der Waals surface area contributed by atoms with Gasteiger partial charge in [-0.15, -0.1) is 11.3 Å². The largest absolute Gasteiger partial charge is 0.378 e. The van der Waals surface area contributed by atoms with Crippen molar-refractivity contribution < 1.29 is 9.53 Å². The molecule has 2 aromatic carbocycles. The summed E-state index contributed by atoms with van der Waals surface area (Å²) < 4.78 is 6.62. The molecule has 176 valence electrons. The molecule has 1 saturated heterocycles. The van der Waals surface area contributed by atoms with Crippen molar-refractivity contribution >= 4 is 49.9 Å². The Morgan fingerprint density at radius 3 is 2.86 bits per heavy atom. The second-order valence-electron chi connectivity index (χ2n) is 8.27. The summed E-state index contributed by atoms with van der Waals surface area (Å²) in [5.41, 5.74) is 9.92. The lowest BCUT2D eigenvalue weighted by Gasteiger charge is -2.28. The minimum Gasteiger partial charge on any atom is -0.378 e. The first kappa shape index (κ1) is 21.7. The number of aromatic amines is 1. The number of rotatable bonds is 5. The molecule has 1 amide bonds. The fourth-order valence-electron chi connectivity index (χ4n) is 4.29. The maximum Gasteiger partial charge on any atom is 0.238 e. The van der Waals surface area contributed by atoms with Gasteiger partial charge in [0.25, 0.3) is 0 Å². The minimum atomic E-state index is -0.225. The van der Waals surface area contributed by atoms with Gasteiger partial charge < -0.3 is 20.7 Å². The van der Waals surface area contributed by atoms with Crippen LogP contribution in [0.3, 0.4) is 0 Å². The molecule has 0 radical (unpaired) electrons. The number of anilines is 2. The number of hydrogen-bond donors (Lipinski definition) is 3. The van der Waals surface area contributed by atoms with Gasteiger partial charge in [0, 0.05) is 34.6 Å². The molecule has 4 N–H and O–H groups in total. The Morgan fingerprint density at radius 1 is 1.14 bits per heavy atom. The molecule has 0 bridgehead atoms. The third-order valence-corrected chi connectivity index (χ3v) is 7.18. The summed E-state index contributed by atoms with van der Waals surface area (Å²) in [6.07, 6.45) is 1.81. The van der Waals surface area contributed by atoms with Crippen LogP contribution in [0.5, 0.6) is 0 Å². The molecule has 0 atom stereocenters. The number of morpholine rings is 1. The normalized spacial score (nSPS) is 14.0. The number of nitrogens with two attached hydrogens (primary N) is 1. The first-order chi connectivity index (χ1) is 17.2. The molecule has 4 heterocycles. The number of H-pyrrole nitrogens is 1. The summed E-state index contributed by atoms with van der Waals surface area (Å²) in [5, 5.41) is 11.0. The van der Waals surface area contributed by atoms with Crippen molar-refractivity contribution in [2.24, 2.45) is 5.73 Å². The van der Waals surface area contributed by atoms with E-state index in [0.717, 1.165) is 56.0 Å². The van der Waals surface area contributed by atoms with Gasteiger partial charge in [-0.3, -0.25) is 9.89 Å². The zero-order chi connectivity index (χ0) is 23.8. The predicted molar refractivity (Wildman–Crippen MR) is 139 cm³/mol. The van der Waals surface area contributed by atoms with E-state index in [0.29, 0.717) is 24.7 Å². The van der Waals surface area contributed by atoms with E-state index in [-0.39, 0.29) is 12.5 Å². The van der Waals surface area contributed by atoms with Gasteiger partial charge in [0.2, 0.25) is 5.91 Å². The number of carbonyl (C=O) groups is 1. The quantitative estimate of drug-likeness (QED) is 0.347. The van der Waals surface area contributed by atoms with Crippen molar-refractivity contribution in [2.45, 2.75) is 0 Å². The van der Waals surface area contributed by atoms with Gasteiger partial charge in [-0.2, -0.15) is 5.10 Å². The number of ether oxygens (including phenoxy) is 1. The van der Waals surface area contributed by atoms with Crippen molar-refractivity contribution in [3.63, 3.8) is 0 Å². The molecule has 5 aromatic rings. The molecule has 1 fully saturated rings. The van der Waals surface area contributed by atoms with Crippen LogP contribution in [0.1, 0.15) is 0 Å². The Morgan fingerprint density at radius 2 is 2.00 bits per heavy atom. The maximum absolute atomic E-state index is 11.8. The fraction of sp³-hybridized carbons (Fsp3) is 0.200. The summed E-state index contributed by atoms with van der Waals surface area (Å²) >= 11 is 1.65. The summed E-state index contributed by atoms with van der Waals surface area (Å²) in [6.45, 7) is 2.82. The van der Waals surface area contributed by atoms with Crippen LogP contribution in [0, 0.1) is 0 Å². The molecular formula is C25H23N7O2S. The Balaban J connectivity index is 1.49. The summed E-state index contributed by atoms with van der Waals surface area (Å²) in [4.78, 5) is 25.1. The fourth-order valence-corrected chi connectivity index (χ4v) is 5.40. The van der Waals surface area contributed by atoms with Crippen LogP contribution in [0.2, 0.25) is 0 Å². The van der Waals surface area contributed by atoms with Gasteiger partial charge in [0.1, 0.15) is 0 Å². The highest BCUT2D eigenvalue weighted by atomic mass is 32.1. The third-order valence-electron chi connectivity index (χ3n) is 6.01. The third kappa shape index (κ3) is 4.12. The van der Waals surface area contributed by atoms with Crippen LogP contribution >= 0.6 is 11.3 Å². The highest BCUT2D eigenvalue weighted by Crippen LogP contribution is 2.40. The zero-order valence-electron chi connectivity index (χ0n) is 18.8. The molecule has 10 heteroatoms. The van der Waals surface area contributed by atoms with Crippen molar-refractivity contribution in [2.75, 3.05) is 43.1 Å². The van der Waals surface area contributed by atoms with Crippen molar-refractivity contribution in [3.05, 3.63) is 54.7 Å². The van der Waals surface area contributed by atoms with E-state index < -0.39 is 0 Å². The Labute approximate surface area is 204 Å². The van der Waals surface area contributed by atoms with Gasteiger partial charge >= 0.3 is 0 Å². The monoisotopic (exact) mass is 485 g/mol. The maximum atomic E-state index is 11.8. The van der Waals surface area contributed by atoms with Crippen LogP contribution in [-0.2, 0) is 9.53 Å². The lowest BCUT2D eigenvalue weighted by atomic mass is 10.1. The molecule has 35 heavy (non-hydrogen) atoms. The van der Waals surface area contributed by atoms with Gasteiger partial charge in [0.05, 0.1) is 41.7 Å². The number of amides is 1.